The molecule has 0 aliphatic carbocycles. The third kappa shape index (κ3) is 17.8. The second-order valence-corrected chi connectivity index (χ2v) is 28.8. The van der Waals surface area contributed by atoms with Crippen molar-refractivity contribution in [2.75, 3.05) is 57.7 Å². The number of non-ortho nitro benzene ring substituents is 2. The maximum atomic E-state index is 11.3. The van der Waals surface area contributed by atoms with Gasteiger partial charge in [0.1, 0.15) is 5.75 Å². The van der Waals surface area contributed by atoms with Gasteiger partial charge in [-0.2, -0.15) is 0 Å². The molecule has 0 aromatic heterocycles. The summed E-state index contributed by atoms with van der Waals surface area (Å²) in [7, 11) is 7.64. The van der Waals surface area contributed by atoms with E-state index in [0.29, 0.717) is 0 Å². The quantitative estimate of drug-likeness (QED) is 0.0506. The summed E-state index contributed by atoms with van der Waals surface area (Å²) in [4.78, 5) is 34.5. The molecule has 0 saturated heterocycles. The van der Waals surface area contributed by atoms with Crippen LogP contribution < -0.4 is 34.1 Å². The molecule has 0 amide bonds. The minimum atomic E-state index is -0.383. The summed E-state index contributed by atoms with van der Waals surface area (Å²) >= 11 is 0. The average molecular weight is 1550 g/mol. The molecule has 18 aromatic rings. The molecule has 0 fully saturated rings. The van der Waals surface area contributed by atoms with Crippen molar-refractivity contribution in [1.29, 1.82) is 0 Å². The molecule has 0 radical (unpaired) electrons. The van der Waals surface area contributed by atoms with E-state index in [0.717, 1.165) is 96.6 Å². The summed E-state index contributed by atoms with van der Waals surface area (Å²) < 4.78 is 5.42. The lowest BCUT2D eigenvalue weighted by Crippen LogP contribution is -2.12. The van der Waals surface area contributed by atoms with Gasteiger partial charge in [-0.05, 0) is 242 Å². The van der Waals surface area contributed by atoms with Gasteiger partial charge in [0.15, 0.2) is 0 Å². The van der Waals surface area contributed by atoms with Crippen LogP contribution in [-0.4, -0.2) is 38.1 Å². The first-order valence-electron chi connectivity index (χ1n) is 39.3. The first-order valence-corrected chi connectivity index (χ1v) is 39.3. The van der Waals surface area contributed by atoms with Crippen molar-refractivity contribution in [3.8, 4) is 39.1 Å². The van der Waals surface area contributed by atoms with Crippen molar-refractivity contribution in [2.24, 2.45) is 0 Å². The van der Waals surface area contributed by atoms with Gasteiger partial charge in [-0.1, -0.05) is 231 Å². The molecule has 0 heterocycles. The van der Waals surface area contributed by atoms with Gasteiger partial charge in [0.25, 0.3) is 11.4 Å². The Balaban J connectivity index is 0.000000133. The molecule has 119 heavy (non-hydrogen) atoms. The first-order chi connectivity index (χ1) is 58.3. The van der Waals surface area contributed by atoms with Crippen LogP contribution >= 0.6 is 0 Å². The third-order valence-electron chi connectivity index (χ3n) is 21.5. The van der Waals surface area contributed by atoms with Crippen molar-refractivity contribution < 1.29 is 14.6 Å². The van der Waals surface area contributed by atoms with Crippen molar-refractivity contribution >= 4 is 129 Å². The van der Waals surface area contributed by atoms with Gasteiger partial charge >= 0.3 is 0 Å². The maximum Gasteiger partial charge on any atom is 0.271 e. The zero-order chi connectivity index (χ0) is 81.6. The van der Waals surface area contributed by atoms with Gasteiger partial charge in [0.05, 0.1) is 17.0 Å². The number of nitro benzene ring substituents is 2. The molecule has 13 heteroatoms. The summed E-state index contributed by atoms with van der Waals surface area (Å²) in [5.74, 6) is 0.845. The van der Waals surface area contributed by atoms with E-state index < -0.39 is 0 Å². The highest BCUT2D eigenvalue weighted by atomic mass is 16.6. The summed E-state index contributed by atoms with van der Waals surface area (Å²) in [6.07, 6.45) is 0. The fraction of sp³-hybridized carbons (Fsp3) is 0.0377. The van der Waals surface area contributed by atoms with Crippen LogP contribution in [0.25, 0.3) is 65.7 Å². The summed E-state index contributed by atoms with van der Waals surface area (Å²) in [5, 5.41) is 29.5. The monoisotopic (exact) mass is 1550 g/mol. The molecule has 0 bridgehead atoms. The summed E-state index contributed by atoms with van der Waals surface area (Å²) in [6, 6.07) is 149. The Morgan fingerprint density at radius 2 is 0.445 bits per heavy atom. The molecule has 0 aliphatic heterocycles. The average Bonchev–Trinajstić information content (AvgIpc) is 0.793. The molecule has 0 atom stereocenters. The zero-order valence-electron chi connectivity index (χ0n) is 66.2. The predicted molar refractivity (Wildman–Crippen MR) is 496 cm³/mol. The van der Waals surface area contributed by atoms with E-state index in [1.54, 1.807) is 31.4 Å². The number of nitro groups is 2. The Bertz CT molecular complexity index is 6510. The molecule has 13 nitrogen and oxygen atoms in total. The second kappa shape index (κ2) is 35.7. The smallest absolute Gasteiger partial charge is 0.271 e. The van der Waals surface area contributed by atoms with E-state index in [-0.39, 0.29) is 21.2 Å². The molecule has 0 spiro atoms. The molecule has 0 unspecified atom stereocenters. The Labute approximate surface area is 693 Å². The van der Waals surface area contributed by atoms with Gasteiger partial charge in [0.2, 0.25) is 0 Å². The van der Waals surface area contributed by atoms with Crippen LogP contribution in [-0.2, 0) is 0 Å². The number of rotatable bonds is 21. The Hall–Kier alpha value is -15.9. The van der Waals surface area contributed by atoms with Gasteiger partial charge in [-0.25, -0.2) is 0 Å². The highest BCUT2D eigenvalue weighted by molar-refractivity contribution is 5.93. The number of hydrogen-bond donors (Lipinski definition) is 0. The molecular weight excluding hydrogens is 1470 g/mol. The minimum Gasteiger partial charge on any atom is -0.497 e. The topological polar surface area (TPSA) is 115 Å². The van der Waals surface area contributed by atoms with E-state index in [2.05, 4.69) is 372 Å². The lowest BCUT2D eigenvalue weighted by atomic mass is 10.0. The molecular formula is C106H84N8O5. The SMILES string of the molecule is CN(c1ccc(N(c2ccc(-c3ccccc3)cc2)c2ccc3ccccc3c2)cc1)c1ccc([N+](=O)[O-])cc1.CN(c1ccc(N(c2ccc(-c3ccccc3)cc2)c2ccc3ccccc3c2)cc1)c1cccc([N+](=O)[O-])c1.COc1cccc(N(C)c2ccc(N(c3ccc(-c4ccccc4)cc3)c3ccc4ccccc4c3)cc2)c1. The van der Waals surface area contributed by atoms with Crippen molar-refractivity contribution in [1.82, 2.24) is 0 Å². The molecule has 0 aliphatic rings. The van der Waals surface area contributed by atoms with Gasteiger partial charge in [0, 0.05) is 137 Å². The van der Waals surface area contributed by atoms with E-state index in [9.17, 15) is 20.2 Å². The zero-order valence-corrected chi connectivity index (χ0v) is 66.2. The van der Waals surface area contributed by atoms with Crippen molar-refractivity contribution in [3.63, 3.8) is 0 Å². The van der Waals surface area contributed by atoms with Crippen LogP contribution in [0.15, 0.2) is 437 Å². The van der Waals surface area contributed by atoms with E-state index in [1.807, 2.05) is 72.4 Å². The second-order valence-electron chi connectivity index (χ2n) is 28.8. The van der Waals surface area contributed by atoms with Crippen molar-refractivity contribution in [3.05, 3.63) is 457 Å². The van der Waals surface area contributed by atoms with E-state index in [1.165, 1.54) is 78.3 Å². The molecule has 0 N–H and O–H groups in total. The first kappa shape index (κ1) is 77.1. The predicted octanol–water partition coefficient (Wildman–Crippen LogP) is 29.1. The van der Waals surface area contributed by atoms with E-state index >= 15 is 0 Å². The summed E-state index contributed by atoms with van der Waals surface area (Å²) in [6.45, 7) is 0. The maximum absolute atomic E-state index is 11.3. The van der Waals surface area contributed by atoms with Gasteiger partial charge < -0.3 is 34.1 Å². The fourth-order valence-electron chi connectivity index (χ4n) is 14.9. The normalized spacial score (nSPS) is 10.8. The van der Waals surface area contributed by atoms with Crippen LogP contribution in [0.3, 0.4) is 0 Å². The third-order valence-corrected chi connectivity index (χ3v) is 21.5. The Morgan fingerprint density at radius 3 is 0.756 bits per heavy atom. The molecule has 0 saturated carbocycles. The highest BCUT2D eigenvalue weighted by Crippen LogP contribution is 2.44. The van der Waals surface area contributed by atoms with Crippen LogP contribution in [0.4, 0.5) is 96.7 Å². The highest BCUT2D eigenvalue weighted by Gasteiger charge is 2.21. The van der Waals surface area contributed by atoms with Crippen LogP contribution in [0, 0.1) is 20.2 Å². The van der Waals surface area contributed by atoms with Crippen LogP contribution in [0.5, 0.6) is 5.75 Å². The fourth-order valence-corrected chi connectivity index (χ4v) is 14.9. The number of fused-ring (bicyclic) bond motifs is 3. The largest absolute Gasteiger partial charge is 0.497 e. The number of nitrogens with zero attached hydrogens (tertiary/aromatic N) is 8. The Kier molecular flexibility index (Phi) is 23.1. The lowest BCUT2D eigenvalue weighted by molar-refractivity contribution is -0.385. The standard InChI is InChI=1S/C36H30N2O.2C35H27N3O2/c1-37(34-13-8-14-36(26-34)39-2)31-21-23-33(24-22-31)38(35-20-17-28-11-6-7-12-30(28)25-35)32-18-15-29(16-19-32)27-9-4-3-5-10-27;1-36(33-12-7-13-35(25-33)38(39)40)30-20-22-32(23-21-30)37(34-19-16-27-10-5-6-11-29(27)24-34)31-17-14-28(15-18-31)26-8-3-2-4-9-26;1-36(31-19-23-34(24-20-31)38(39)40)30-17-21-33(22-18-30)37(35-16-13-27-9-5-6-10-29(27)25-35)32-14-11-28(12-15-32)26-7-3-2-4-8-26/h3-26H,1-2H3;2*2-25H,1H3. The summed E-state index contributed by atoms with van der Waals surface area (Å²) in [5.41, 5.74) is 22.6. The number of benzene rings is 18. The molecule has 578 valence electrons. The molecule has 18 aromatic carbocycles. The molecule has 18 rings (SSSR count). The van der Waals surface area contributed by atoms with Gasteiger partial charge in [-0.15, -0.1) is 0 Å². The van der Waals surface area contributed by atoms with Crippen LogP contribution in [0.2, 0.25) is 0 Å². The number of hydrogen-bond acceptors (Lipinski definition) is 11. The Morgan fingerprint density at radius 1 is 0.202 bits per heavy atom. The number of ether oxygens (including phenoxy) is 1. The number of methoxy groups -OCH3 is 1. The van der Waals surface area contributed by atoms with Gasteiger partial charge in [-0.3, -0.25) is 20.2 Å². The van der Waals surface area contributed by atoms with E-state index in [4.69, 9.17) is 4.74 Å². The lowest BCUT2D eigenvalue weighted by Gasteiger charge is -2.27. The van der Waals surface area contributed by atoms with Crippen molar-refractivity contribution in [2.45, 2.75) is 0 Å². The minimum absolute atomic E-state index is 0.0717. The number of anilines is 15. The van der Waals surface area contributed by atoms with Crippen LogP contribution in [0.1, 0.15) is 0 Å².